The zero-order chi connectivity index (χ0) is 14.3. The quantitative estimate of drug-likeness (QED) is 0.796. The molecule has 19 heavy (non-hydrogen) atoms. The van der Waals surface area contributed by atoms with Gasteiger partial charge in [0.05, 0.1) is 0 Å². The minimum absolute atomic E-state index is 0.596. The number of nitrogens with zero attached hydrogens (tertiary/aromatic N) is 2. The van der Waals surface area contributed by atoms with Gasteiger partial charge in [-0.2, -0.15) is 0 Å². The number of nitrogens with two attached hydrogens (primary N) is 1. The van der Waals surface area contributed by atoms with Crippen LogP contribution in [-0.4, -0.2) is 43.5 Å². The molecule has 0 spiro atoms. The molecule has 108 valence electrons. The molecule has 3 nitrogen and oxygen atoms in total. The van der Waals surface area contributed by atoms with Gasteiger partial charge in [-0.15, -0.1) is 0 Å². The van der Waals surface area contributed by atoms with Crippen LogP contribution in [0.2, 0.25) is 0 Å². The van der Waals surface area contributed by atoms with Gasteiger partial charge in [0.15, 0.2) is 0 Å². The first-order valence-electron chi connectivity index (χ1n) is 6.91. The summed E-state index contributed by atoms with van der Waals surface area (Å²) in [5, 5.41) is 0. The number of halogens is 1. The SMILES string of the molecule is CCN(CCCN(C)C)Cc1ccc(CN)cc1Br. The van der Waals surface area contributed by atoms with E-state index in [0.717, 1.165) is 26.2 Å². The molecule has 0 saturated heterocycles. The van der Waals surface area contributed by atoms with Gasteiger partial charge < -0.3 is 10.6 Å². The second-order valence-corrected chi connectivity index (χ2v) is 6.01. The van der Waals surface area contributed by atoms with Crippen LogP contribution in [-0.2, 0) is 13.1 Å². The molecule has 4 heteroatoms. The number of rotatable bonds is 8. The molecule has 0 saturated carbocycles. The predicted octanol–water partition coefficient (Wildman–Crippen LogP) is 2.68. The first-order chi connectivity index (χ1) is 9.06. The fourth-order valence-corrected chi connectivity index (χ4v) is 2.60. The molecule has 0 amide bonds. The van der Waals surface area contributed by atoms with E-state index in [1.54, 1.807) is 0 Å². The monoisotopic (exact) mass is 327 g/mol. The Hall–Kier alpha value is -0.420. The van der Waals surface area contributed by atoms with Crippen LogP contribution in [0.15, 0.2) is 22.7 Å². The lowest BCUT2D eigenvalue weighted by atomic mass is 10.1. The summed E-state index contributed by atoms with van der Waals surface area (Å²) in [5.74, 6) is 0. The largest absolute Gasteiger partial charge is 0.326 e. The van der Waals surface area contributed by atoms with Crippen molar-refractivity contribution in [2.45, 2.75) is 26.4 Å². The summed E-state index contributed by atoms with van der Waals surface area (Å²) in [5.41, 5.74) is 8.16. The Balaban J connectivity index is 2.55. The lowest BCUT2D eigenvalue weighted by Crippen LogP contribution is -2.27. The lowest BCUT2D eigenvalue weighted by molar-refractivity contribution is 0.259. The molecule has 0 aliphatic rings. The van der Waals surface area contributed by atoms with E-state index in [1.165, 1.54) is 22.0 Å². The van der Waals surface area contributed by atoms with Gasteiger partial charge in [0, 0.05) is 17.6 Å². The van der Waals surface area contributed by atoms with Crippen molar-refractivity contribution in [2.24, 2.45) is 5.73 Å². The van der Waals surface area contributed by atoms with Gasteiger partial charge in [-0.05, 0) is 57.3 Å². The first-order valence-corrected chi connectivity index (χ1v) is 7.70. The fraction of sp³-hybridized carbons (Fsp3) is 0.600. The molecule has 0 radical (unpaired) electrons. The molecule has 0 unspecified atom stereocenters. The molecule has 0 heterocycles. The van der Waals surface area contributed by atoms with E-state index in [1.807, 2.05) is 0 Å². The molecular formula is C15H26BrN3. The summed E-state index contributed by atoms with van der Waals surface area (Å²) >= 11 is 3.65. The highest BCUT2D eigenvalue weighted by molar-refractivity contribution is 9.10. The van der Waals surface area contributed by atoms with E-state index in [-0.39, 0.29) is 0 Å². The van der Waals surface area contributed by atoms with Crippen LogP contribution in [0.3, 0.4) is 0 Å². The molecule has 0 aliphatic carbocycles. The van der Waals surface area contributed by atoms with E-state index < -0.39 is 0 Å². The van der Waals surface area contributed by atoms with E-state index in [2.05, 4.69) is 64.9 Å². The van der Waals surface area contributed by atoms with Crippen molar-refractivity contribution in [3.05, 3.63) is 33.8 Å². The molecule has 1 aromatic carbocycles. The number of hydrogen-bond donors (Lipinski definition) is 1. The maximum atomic E-state index is 5.65. The standard InChI is InChI=1S/C15H26BrN3/c1-4-19(9-5-8-18(2)3)12-14-7-6-13(11-17)10-15(14)16/h6-7,10H,4-5,8-9,11-12,17H2,1-3H3. The van der Waals surface area contributed by atoms with Crippen LogP contribution in [0.25, 0.3) is 0 Å². The minimum atomic E-state index is 0.596. The van der Waals surface area contributed by atoms with Crippen molar-refractivity contribution >= 4 is 15.9 Å². The third-order valence-electron chi connectivity index (χ3n) is 3.27. The molecule has 0 aromatic heterocycles. The van der Waals surface area contributed by atoms with Gasteiger partial charge in [0.25, 0.3) is 0 Å². The highest BCUT2D eigenvalue weighted by Gasteiger charge is 2.07. The van der Waals surface area contributed by atoms with Crippen LogP contribution < -0.4 is 5.73 Å². The summed E-state index contributed by atoms with van der Waals surface area (Å²) in [6, 6.07) is 6.43. The van der Waals surface area contributed by atoms with Gasteiger partial charge >= 0.3 is 0 Å². The van der Waals surface area contributed by atoms with E-state index in [9.17, 15) is 0 Å². The van der Waals surface area contributed by atoms with Crippen molar-refractivity contribution in [3.8, 4) is 0 Å². The Labute approximate surface area is 125 Å². The third-order valence-corrected chi connectivity index (χ3v) is 4.01. The zero-order valence-corrected chi connectivity index (χ0v) is 13.9. The van der Waals surface area contributed by atoms with Crippen molar-refractivity contribution in [1.82, 2.24) is 9.80 Å². The topological polar surface area (TPSA) is 32.5 Å². The van der Waals surface area contributed by atoms with Crippen LogP contribution >= 0.6 is 15.9 Å². The maximum Gasteiger partial charge on any atom is 0.0244 e. The molecular weight excluding hydrogens is 302 g/mol. The summed E-state index contributed by atoms with van der Waals surface area (Å²) in [7, 11) is 4.25. The van der Waals surface area contributed by atoms with E-state index in [4.69, 9.17) is 5.73 Å². The Morgan fingerprint density at radius 3 is 2.47 bits per heavy atom. The highest BCUT2D eigenvalue weighted by atomic mass is 79.9. The Morgan fingerprint density at radius 2 is 1.95 bits per heavy atom. The summed E-state index contributed by atoms with van der Waals surface area (Å²) in [4.78, 5) is 4.71. The minimum Gasteiger partial charge on any atom is -0.326 e. The van der Waals surface area contributed by atoms with Crippen LogP contribution in [0, 0.1) is 0 Å². The van der Waals surface area contributed by atoms with Crippen molar-refractivity contribution in [2.75, 3.05) is 33.7 Å². The average molecular weight is 328 g/mol. The molecule has 2 N–H and O–H groups in total. The van der Waals surface area contributed by atoms with Gasteiger partial charge in [-0.25, -0.2) is 0 Å². The second kappa shape index (κ2) is 8.69. The van der Waals surface area contributed by atoms with Crippen molar-refractivity contribution in [1.29, 1.82) is 0 Å². The molecule has 0 atom stereocenters. The smallest absolute Gasteiger partial charge is 0.0244 e. The highest BCUT2D eigenvalue weighted by Crippen LogP contribution is 2.20. The number of benzene rings is 1. The molecule has 0 bridgehead atoms. The zero-order valence-electron chi connectivity index (χ0n) is 12.3. The summed E-state index contributed by atoms with van der Waals surface area (Å²) < 4.78 is 1.17. The normalized spacial score (nSPS) is 11.5. The third kappa shape index (κ3) is 6.04. The lowest BCUT2D eigenvalue weighted by Gasteiger charge is -2.22. The molecule has 0 aliphatic heterocycles. The average Bonchev–Trinajstić information content (AvgIpc) is 2.39. The fourth-order valence-electron chi connectivity index (χ4n) is 2.05. The summed E-state index contributed by atoms with van der Waals surface area (Å²) in [6.07, 6.45) is 1.21. The number of hydrogen-bond acceptors (Lipinski definition) is 3. The van der Waals surface area contributed by atoms with Crippen LogP contribution in [0.4, 0.5) is 0 Å². The van der Waals surface area contributed by atoms with Gasteiger partial charge in [0.2, 0.25) is 0 Å². The van der Waals surface area contributed by atoms with Crippen molar-refractivity contribution < 1.29 is 0 Å². The van der Waals surface area contributed by atoms with Crippen LogP contribution in [0.1, 0.15) is 24.5 Å². The maximum absolute atomic E-state index is 5.65. The van der Waals surface area contributed by atoms with Crippen LogP contribution in [0.5, 0.6) is 0 Å². The van der Waals surface area contributed by atoms with E-state index in [0.29, 0.717) is 6.54 Å². The summed E-state index contributed by atoms with van der Waals surface area (Å²) in [6.45, 7) is 7.18. The molecule has 1 aromatic rings. The first kappa shape index (κ1) is 16.6. The second-order valence-electron chi connectivity index (χ2n) is 5.16. The van der Waals surface area contributed by atoms with Gasteiger partial charge in [-0.1, -0.05) is 35.0 Å². The Kier molecular flexibility index (Phi) is 7.61. The van der Waals surface area contributed by atoms with E-state index >= 15 is 0 Å². The molecule has 1 rings (SSSR count). The van der Waals surface area contributed by atoms with Gasteiger partial charge in [-0.3, -0.25) is 4.90 Å². The predicted molar refractivity (Wildman–Crippen MR) is 86.2 cm³/mol. The van der Waals surface area contributed by atoms with Gasteiger partial charge in [0.1, 0.15) is 0 Å². The van der Waals surface area contributed by atoms with Crippen molar-refractivity contribution in [3.63, 3.8) is 0 Å². The molecule has 0 fully saturated rings. The Bertz CT molecular complexity index is 380. The Morgan fingerprint density at radius 1 is 1.21 bits per heavy atom.